The van der Waals surface area contributed by atoms with Crippen molar-refractivity contribution in [2.24, 2.45) is 5.73 Å². The first-order valence-electron chi connectivity index (χ1n) is 5.10. The first-order valence-corrected chi connectivity index (χ1v) is 5.10. The molecule has 1 aromatic carbocycles. The van der Waals surface area contributed by atoms with Gasteiger partial charge in [0.15, 0.2) is 11.5 Å². The Labute approximate surface area is 93.7 Å². The molecule has 1 heterocycles. The molecule has 0 bridgehead atoms. The smallest absolute Gasteiger partial charge is 0.231 e. The molecule has 0 aromatic heterocycles. The van der Waals surface area contributed by atoms with Crippen molar-refractivity contribution in [2.45, 2.75) is 12.5 Å². The summed E-state index contributed by atoms with van der Waals surface area (Å²) in [4.78, 5) is 0. The molecule has 0 fully saturated rings. The number of methoxy groups -OCH3 is 1. The SMILES string of the molecule is COc1cc(C(N)CCO)cc2c1OCO2. The highest BCUT2D eigenvalue weighted by Crippen LogP contribution is 2.42. The normalized spacial score (nSPS) is 14.9. The lowest BCUT2D eigenvalue weighted by Crippen LogP contribution is -2.12. The quantitative estimate of drug-likeness (QED) is 0.793. The van der Waals surface area contributed by atoms with E-state index in [9.17, 15) is 0 Å². The molecule has 5 heteroatoms. The maximum atomic E-state index is 8.85. The van der Waals surface area contributed by atoms with Gasteiger partial charge >= 0.3 is 0 Å². The third-order valence-corrected chi connectivity index (χ3v) is 2.55. The summed E-state index contributed by atoms with van der Waals surface area (Å²) in [5.41, 5.74) is 6.78. The number of benzene rings is 1. The number of aliphatic hydroxyl groups is 1. The Balaban J connectivity index is 2.34. The van der Waals surface area contributed by atoms with Gasteiger partial charge in [0.1, 0.15) is 0 Å². The maximum Gasteiger partial charge on any atom is 0.231 e. The van der Waals surface area contributed by atoms with E-state index in [-0.39, 0.29) is 19.4 Å². The molecule has 1 aliphatic heterocycles. The van der Waals surface area contributed by atoms with Gasteiger partial charge in [0, 0.05) is 12.6 Å². The van der Waals surface area contributed by atoms with Crippen LogP contribution in [0.2, 0.25) is 0 Å². The fraction of sp³-hybridized carbons (Fsp3) is 0.455. The Morgan fingerprint density at radius 3 is 3.00 bits per heavy atom. The molecule has 0 saturated carbocycles. The van der Waals surface area contributed by atoms with Crippen LogP contribution >= 0.6 is 0 Å². The fourth-order valence-corrected chi connectivity index (χ4v) is 1.67. The van der Waals surface area contributed by atoms with Crippen molar-refractivity contribution in [1.82, 2.24) is 0 Å². The molecular formula is C11H15NO4. The standard InChI is InChI=1S/C11H15NO4/c1-14-9-4-7(8(12)2-3-13)5-10-11(9)16-6-15-10/h4-5,8,13H,2-3,6,12H2,1H3. The van der Waals surface area contributed by atoms with Crippen molar-refractivity contribution >= 4 is 0 Å². The van der Waals surface area contributed by atoms with Gasteiger partial charge in [-0.15, -0.1) is 0 Å². The van der Waals surface area contributed by atoms with E-state index in [0.717, 1.165) is 5.56 Å². The van der Waals surface area contributed by atoms with Crippen molar-refractivity contribution in [2.75, 3.05) is 20.5 Å². The van der Waals surface area contributed by atoms with E-state index < -0.39 is 0 Å². The number of rotatable bonds is 4. The molecule has 0 saturated heterocycles. The number of ether oxygens (including phenoxy) is 3. The van der Waals surface area contributed by atoms with Crippen molar-refractivity contribution in [1.29, 1.82) is 0 Å². The summed E-state index contributed by atoms with van der Waals surface area (Å²) in [7, 11) is 1.57. The van der Waals surface area contributed by atoms with Crippen LogP contribution in [0.4, 0.5) is 0 Å². The van der Waals surface area contributed by atoms with E-state index >= 15 is 0 Å². The molecular weight excluding hydrogens is 210 g/mol. The Kier molecular flexibility index (Phi) is 3.17. The zero-order chi connectivity index (χ0) is 11.5. The van der Waals surface area contributed by atoms with Crippen molar-refractivity contribution in [3.8, 4) is 17.2 Å². The Hall–Kier alpha value is -1.46. The first-order chi connectivity index (χ1) is 7.76. The summed E-state index contributed by atoms with van der Waals surface area (Å²) < 4.78 is 15.8. The van der Waals surface area contributed by atoms with Gasteiger partial charge in [-0.3, -0.25) is 0 Å². The van der Waals surface area contributed by atoms with E-state index in [0.29, 0.717) is 23.7 Å². The molecule has 0 aliphatic carbocycles. The summed E-state index contributed by atoms with van der Waals surface area (Å²) in [5.74, 6) is 1.86. The topological polar surface area (TPSA) is 73.9 Å². The van der Waals surface area contributed by atoms with Gasteiger partial charge in [-0.25, -0.2) is 0 Å². The number of nitrogens with two attached hydrogens (primary N) is 1. The lowest BCUT2D eigenvalue weighted by molar-refractivity contribution is 0.171. The number of fused-ring (bicyclic) bond motifs is 1. The van der Waals surface area contributed by atoms with Crippen LogP contribution < -0.4 is 19.9 Å². The third-order valence-electron chi connectivity index (χ3n) is 2.55. The van der Waals surface area contributed by atoms with Crippen LogP contribution in [-0.2, 0) is 0 Å². The largest absolute Gasteiger partial charge is 0.493 e. The summed E-state index contributed by atoms with van der Waals surface area (Å²) in [6.07, 6.45) is 0.503. The van der Waals surface area contributed by atoms with Gasteiger partial charge in [-0.2, -0.15) is 0 Å². The molecule has 0 radical (unpaired) electrons. The molecule has 1 atom stereocenters. The van der Waals surface area contributed by atoms with E-state index in [4.69, 9.17) is 25.1 Å². The number of aliphatic hydroxyl groups excluding tert-OH is 1. The Morgan fingerprint density at radius 2 is 2.31 bits per heavy atom. The number of hydrogen-bond acceptors (Lipinski definition) is 5. The highest BCUT2D eigenvalue weighted by Gasteiger charge is 2.21. The predicted molar refractivity (Wildman–Crippen MR) is 57.7 cm³/mol. The lowest BCUT2D eigenvalue weighted by atomic mass is 10.0. The van der Waals surface area contributed by atoms with Crippen LogP contribution in [0.3, 0.4) is 0 Å². The summed E-state index contributed by atoms with van der Waals surface area (Å²) >= 11 is 0. The molecule has 1 unspecified atom stereocenters. The van der Waals surface area contributed by atoms with Crippen LogP contribution in [0.25, 0.3) is 0 Å². The Bertz CT molecular complexity index is 380. The Morgan fingerprint density at radius 1 is 1.50 bits per heavy atom. The molecule has 1 aromatic rings. The zero-order valence-electron chi connectivity index (χ0n) is 9.10. The van der Waals surface area contributed by atoms with Gasteiger partial charge in [0.25, 0.3) is 0 Å². The molecule has 88 valence electrons. The van der Waals surface area contributed by atoms with Crippen LogP contribution in [0, 0.1) is 0 Å². The summed E-state index contributed by atoms with van der Waals surface area (Å²) in [6, 6.07) is 3.41. The second-order valence-electron chi connectivity index (χ2n) is 3.58. The second kappa shape index (κ2) is 4.59. The molecule has 16 heavy (non-hydrogen) atoms. The lowest BCUT2D eigenvalue weighted by Gasteiger charge is -2.13. The van der Waals surface area contributed by atoms with Gasteiger partial charge in [0.2, 0.25) is 12.5 Å². The van der Waals surface area contributed by atoms with Crippen LogP contribution in [0.5, 0.6) is 17.2 Å². The molecule has 2 rings (SSSR count). The van der Waals surface area contributed by atoms with Crippen molar-refractivity contribution in [3.05, 3.63) is 17.7 Å². The molecule has 3 N–H and O–H groups in total. The number of hydrogen-bond donors (Lipinski definition) is 2. The van der Waals surface area contributed by atoms with Crippen LogP contribution in [-0.4, -0.2) is 25.6 Å². The van der Waals surface area contributed by atoms with Crippen molar-refractivity contribution < 1.29 is 19.3 Å². The molecule has 0 amide bonds. The monoisotopic (exact) mass is 225 g/mol. The average molecular weight is 225 g/mol. The highest BCUT2D eigenvalue weighted by atomic mass is 16.7. The zero-order valence-corrected chi connectivity index (χ0v) is 9.10. The van der Waals surface area contributed by atoms with Crippen LogP contribution in [0.1, 0.15) is 18.0 Å². The minimum Gasteiger partial charge on any atom is -0.493 e. The van der Waals surface area contributed by atoms with E-state index in [1.165, 1.54) is 0 Å². The first kappa shape index (κ1) is 11.0. The van der Waals surface area contributed by atoms with Gasteiger partial charge in [-0.1, -0.05) is 0 Å². The van der Waals surface area contributed by atoms with Crippen molar-refractivity contribution in [3.63, 3.8) is 0 Å². The van der Waals surface area contributed by atoms with E-state index in [2.05, 4.69) is 0 Å². The third kappa shape index (κ3) is 1.91. The average Bonchev–Trinajstić information content (AvgIpc) is 2.75. The van der Waals surface area contributed by atoms with Gasteiger partial charge < -0.3 is 25.1 Å². The van der Waals surface area contributed by atoms with Gasteiger partial charge in [0.05, 0.1) is 7.11 Å². The van der Waals surface area contributed by atoms with E-state index in [1.807, 2.05) is 12.1 Å². The minimum atomic E-state index is -0.228. The fourth-order valence-electron chi connectivity index (χ4n) is 1.67. The second-order valence-corrected chi connectivity index (χ2v) is 3.58. The van der Waals surface area contributed by atoms with Gasteiger partial charge in [-0.05, 0) is 24.1 Å². The predicted octanol–water partition coefficient (Wildman–Crippen LogP) is 0.806. The highest BCUT2D eigenvalue weighted by molar-refractivity contribution is 5.55. The molecule has 5 nitrogen and oxygen atoms in total. The van der Waals surface area contributed by atoms with E-state index in [1.54, 1.807) is 7.11 Å². The summed E-state index contributed by atoms with van der Waals surface area (Å²) in [6.45, 7) is 0.252. The molecule has 1 aliphatic rings. The summed E-state index contributed by atoms with van der Waals surface area (Å²) in [5, 5.41) is 8.85. The maximum absolute atomic E-state index is 8.85. The molecule has 0 spiro atoms. The minimum absolute atomic E-state index is 0.0535. The van der Waals surface area contributed by atoms with Crippen LogP contribution in [0.15, 0.2) is 12.1 Å².